The molecule has 100 valence electrons. The molecule has 5 nitrogen and oxygen atoms in total. The van der Waals surface area contributed by atoms with Gasteiger partial charge in [0, 0.05) is 6.04 Å². The first kappa shape index (κ1) is 13.4. The van der Waals surface area contributed by atoms with E-state index in [9.17, 15) is 9.59 Å². The Labute approximate surface area is 115 Å². The summed E-state index contributed by atoms with van der Waals surface area (Å²) in [5.74, 6) is -1.06. The summed E-state index contributed by atoms with van der Waals surface area (Å²) in [7, 11) is 0. The molecule has 0 saturated heterocycles. The molecule has 1 aliphatic rings. The van der Waals surface area contributed by atoms with Crippen LogP contribution in [0.5, 0.6) is 0 Å². The Bertz CT molecular complexity index is 535. The van der Waals surface area contributed by atoms with Crippen LogP contribution in [-0.2, 0) is 0 Å². The van der Waals surface area contributed by atoms with E-state index in [1.807, 2.05) is 12.2 Å². The van der Waals surface area contributed by atoms with E-state index >= 15 is 0 Å². The van der Waals surface area contributed by atoms with E-state index in [0.717, 1.165) is 12.8 Å². The van der Waals surface area contributed by atoms with Gasteiger partial charge in [-0.25, -0.2) is 9.59 Å². The summed E-state index contributed by atoms with van der Waals surface area (Å²) in [6.07, 6.45) is 5.66. The summed E-state index contributed by atoms with van der Waals surface area (Å²) in [6, 6.07) is 3.92. The number of carboxylic acids is 1. The highest BCUT2D eigenvalue weighted by atomic mass is 35.5. The Balaban J connectivity index is 1.98. The van der Waals surface area contributed by atoms with E-state index in [4.69, 9.17) is 16.7 Å². The van der Waals surface area contributed by atoms with E-state index in [1.165, 1.54) is 18.2 Å². The molecule has 0 radical (unpaired) electrons. The fraction of sp³-hybridized carbons (Fsp3) is 0.231. The molecule has 0 fully saturated rings. The van der Waals surface area contributed by atoms with Crippen LogP contribution in [-0.4, -0.2) is 23.1 Å². The van der Waals surface area contributed by atoms with Crippen LogP contribution in [0.2, 0.25) is 5.02 Å². The first-order valence-electron chi connectivity index (χ1n) is 5.81. The first-order valence-corrected chi connectivity index (χ1v) is 6.19. The smallest absolute Gasteiger partial charge is 0.335 e. The number of urea groups is 1. The van der Waals surface area contributed by atoms with Crippen molar-refractivity contribution in [2.24, 2.45) is 0 Å². The molecule has 2 amide bonds. The van der Waals surface area contributed by atoms with Gasteiger partial charge in [0.05, 0.1) is 16.3 Å². The lowest BCUT2D eigenvalue weighted by molar-refractivity contribution is 0.0697. The fourth-order valence-corrected chi connectivity index (χ4v) is 2.06. The van der Waals surface area contributed by atoms with Crippen LogP contribution in [0.4, 0.5) is 10.5 Å². The van der Waals surface area contributed by atoms with Crippen LogP contribution < -0.4 is 10.6 Å². The van der Waals surface area contributed by atoms with Crippen molar-refractivity contribution < 1.29 is 14.7 Å². The molecule has 0 spiro atoms. The van der Waals surface area contributed by atoms with Crippen molar-refractivity contribution >= 4 is 29.3 Å². The summed E-state index contributed by atoms with van der Waals surface area (Å²) in [5.41, 5.74) is 0.464. The van der Waals surface area contributed by atoms with Gasteiger partial charge in [0.1, 0.15) is 0 Å². The average molecular weight is 281 g/mol. The predicted molar refractivity (Wildman–Crippen MR) is 72.7 cm³/mol. The summed E-state index contributed by atoms with van der Waals surface area (Å²) >= 11 is 5.92. The zero-order chi connectivity index (χ0) is 13.8. The maximum Gasteiger partial charge on any atom is 0.335 e. The van der Waals surface area contributed by atoms with Gasteiger partial charge in [0.25, 0.3) is 0 Å². The summed E-state index contributed by atoms with van der Waals surface area (Å²) in [6.45, 7) is 0. The number of rotatable bonds is 3. The van der Waals surface area contributed by atoms with E-state index in [0.29, 0.717) is 5.69 Å². The lowest BCUT2D eigenvalue weighted by Crippen LogP contribution is -2.36. The number of benzene rings is 1. The zero-order valence-corrected chi connectivity index (χ0v) is 10.8. The lowest BCUT2D eigenvalue weighted by Gasteiger charge is -2.13. The third kappa shape index (κ3) is 3.48. The molecule has 0 heterocycles. The molecule has 1 aromatic carbocycles. The predicted octanol–water partition coefficient (Wildman–Crippen LogP) is 2.88. The highest BCUT2D eigenvalue weighted by Crippen LogP contribution is 2.23. The molecule has 0 aromatic heterocycles. The van der Waals surface area contributed by atoms with Gasteiger partial charge in [0.15, 0.2) is 0 Å². The number of carbonyl (C=O) groups is 2. The van der Waals surface area contributed by atoms with Crippen molar-refractivity contribution in [1.82, 2.24) is 5.32 Å². The summed E-state index contributed by atoms with van der Waals surface area (Å²) in [5, 5.41) is 14.4. The molecule has 2 rings (SSSR count). The molecule has 0 aliphatic heterocycles. The Kier molecular flexibility index (Phi) is 4.06. The van der Waals surface area contributed by atoms with E-state index < -0.39 is 5.97 Å². The topological polar surface area (TPSA) is 78.4 Å². The molecular formula is C13H13ClN2O3. The number of halogens is 1. The van der Waals surface area contributed by atoms with Gasteiger partial charge in [-0.15, -0.1) is 0 Å². The number of hydrogen-bond acceptors (Lipinski definition) is 2. The SMILES string of the molecule is O=C(Nc1ccc(C(=O)O)cc1Cl)NC1CC=CC1. The maximum absolute atomic E-state index is 11.7. The first-order chi connectivity index (χ1) is 9.06. The zero-order valence-electron chi connectivity index (χ0n) is 10.0. The van der Waals surface area contributed by atoms with Gasteiger partial charge in [0.2, 0.25) is 0 Å². The van der Waals surface area contributed by atoms with E-state index in [1.54, 1.807) is 0 Å². The molecule has 0 bridgehead atoms. The van der Waals surface area contributed by atoms with Crippen molar-refractivity contribution in [2.75, 3.05) is 5.32 Å². The monoisotopic (exact) mass is 280 g/mol. The highest BCUT2D eigenvalue weighted by molar-refractivity contribution is 6.34. The van der Waals surface area contributed by atoms with Gasteiger partial charge < -0.3 is 15.7 Å². The average Bonchev–Trinajstić information content (AvgIpc) is 2.84. The Morgan fingerprint density at radius 3 is 2.53 bits per heavy atom. The van der Waals surface area contributed by atoms with Crippen LogP contribution in [0.3, 0.4) is 0 Å². The minimum Gasteiger partial charge on any atom is -0.478 e. The number of amides is 2. The molecule has 0 atom stereocenters. The highest BCUT2D eigenvalue weighted by Gasteiger charge is 2.14. The van der Waals surface area contributed by atoms with Crippen LogP contribution in [0.25, 0.3) is 0 Å². The molecular weight excluding hydrogens is 268 g/mol. The molecule has 1 aliphatic carbocycles. The molecule has 19 heavy (non-hydrogen) atoms. The van der Waals surface area contributed by atoms with Crippen molar-refractivity contribution in [2.45, 2.75) is 18.9 Å². The van der Waals surface area contributed by atoms with Crippen molar-refractivity contribution in [3.8, 4) is 0 Å². The van der Waals surface area contributed by atoms with Gasteiger partial charge >= 0.3 is 12.0 Å². The van der Waals surface area contributed by atoms with Crippen molar-refractivity contribution in [3.63, 3.8) is 0 Å². The Morgan fingerprint density at radius 2 is 1.95 bits per heavy atom. The minimum absolute atomic E-state index is 0.0796. The number of anilines is 1. The third-order valence-corrected chi connectivity index (χ3v) is 3.12. The van der Waals surface area contributed by atoms with Crippen molar-refractivity contribution in [3.05, 3.63) is 40.9 Å². The number of carboxylic acid groups (broad SMARTS) is 1. The third-order valence-electron chi connectivity index (χ3n) is 2.81. The normalized spacial score (nSPS) is 14.4. The number of hydrogen-bond donors (Lipinski definition) is 3. The summed E-state index contributed by atoms with van der Waals surface area (Å²) < 4.78 is 0. The standard InChI is InChI=1S/C13H13ClN2O3/c14-10-7-8(12(17)18)5-6-11(10)16-13(19)15-9-3-1-2-4-9/h1-2,5-7,9H,3-4H2,(H,17,18)(H2,15,16,19). The number of aromatic carboxylic acids is 1. The maximum atomic E-state index is 11.7. The second-order valence-electron chi connectivity index (χ2n) is 4.24. The summed E-state index contributed by atoms with van der Waals surface area (Å²) in [4.78, 5) is 22.5. The molecule has 1 aromatic rings. The Hall–Kier alpha value is -2.01. The van der Waals surface area contributed by atoms with Gasteiger partial charge in [-0.3, -0.25) is 0 Å². The largest absolute Gasteiger partial charge is 0.478 e. The number of nitrogens with one attached hydrogen (secondary N) is 2. The van der Waals surface area contributed by atoms with Gasteiger partial charge in [-0.2, -0.15) is 0 Å². The van der Waals surface area contributed by atoms with Crippen LogP contribution in [0, 0.1) is 0 Å². The van der Waals surface area contributed by atoms with Crippen molar-refractivity contribution in [1.29, 1.82) is 0 Å². The molecule has 6 heteroatoms. The lowest BCUT2D eigenvalue weighted by atomic mass is 10.2. The Morgan fingerprint density at radius 1 is 1.26 bits per heavy atom. The minimum atomic E-state index is -1.06. The van der Waals surface area contributed by atoms with Crippen LogP contribution >= 0.6 is 11.6 Å². The number of carbonyl (C=O) groups excluding carboxylic acids is 1. The quantitative estimate of drug-likeness (QED) is 0.745. The van der Waals surface area contributed by atoms with E-state index in [2.05, 4.69) is 10.6 Å². The second kappa shape index (κ2) is 5.75. The van der Waals surface area contributed by atoms with Gasteiger partial charge in [-0.05, 0) is 31.0 Å². The van der Waals surface area contributed by atoms with E-state index in [-0.39, 0.29) is 22.7 Å². The fourth-order valence-electron chi connectivity index (χ4n) is 1.83. The van der Waals surface area contributed by atoms with Crippen LogP contribution in [0.1, 0.15) is 23.2 Å². The second-order valence-corrected chi connectivity index (χ2v) is 4.65. The van der Waals surface area contributed by atoms with Crippen LogP contribution in [0.15, 0.2) is 30.4 Å². The molecule has 0 saturated carbocycles. The van der Waals surface area contributed by atoms with Gasteiger partial charge in [-0.1, -0.05) is 23.8 Å². The molecule has 3 N–H and O–H groups in total. The molecule has 0 unspecified atom stereocenters.